The molecule has 0 saturated carbocycles. The molecule has 0 aliphatic rings. The van der Waals surface area contributed by atoms with Crippen LogP contribution in [0.2, 0.25) is 0 Å². The molecule has 0 aliphatic heterocycles. The van der Waals surface area contributed by atoms with Gasteiger partial charge in [0.25, 0.3) is 10.0 Å². The summed E-state index contributed by atoms with van der Waals surface area (Å²) < 4.78 is 28.8. The number of nitrogens with one attached hydrogen (secondary N) is 1. The van der Waals surface area contributed by atoms with Gasteiger partial charge in [-0.1, -0.05) is 74.0 Å². The summed E-state index contributed by atoms with van der Waals surface area (Å²) in [6.07, 6.45) is 1.14. The molecule has 0 spiro atoms. The third-order valence-electron chi connectivity index (χ3n) is 6.76. The van der Waals surface area contributed by atoms with Gasteiger partial charge >= 0.3 is 0 Å². The van der Waals surface area contributed by atoms with Crippen LogP contribution in [0, 0.1) is 13.8 Å². The summed E-state index contributed by atoms with van der Waals surface area (Å²) in [6.45, 7) is 9.34. The van der Waals surface area contributed by atoms with E-state index in [9.17, 15) is 18.0 Å². The van der Waals surface area contributed by atoms with Gasteiger partial charge in [0.15, 0.2) is 0 Å². The molecule has 2 atom stereocenters. The van der Waals surface area contributed by atoms with Crippen LogP contribution in [0.4, 0.5) is 5.69 Å². The molecule has 3 aromatic rings. The van der Waals surface area contributed by atoms with Crippen LogP contribution in [-0.4, -0.2) is 43.8 Å². The highest BCUT2D eigenvalue weighted by molar-refractivity contribution is 7.92. The normalized spacial score (nSPS) is 12.8. The molecule has 0 bridgehead atoms. The van der Waals surface area contributed by atoms with Crippen molar-refractivity contribution in [1.82, 2.24) is 10.2 Å². The standard InChI is InChI=1S/C31H39N3O4S/c1-6-25(5)32-31(36)29(7-2)33(21-26-18-16-23(3)17-19-26)30(35)22-34(27-13-11-12-24(4)20-27)39(37,38)28-14-9-8-10-15-28/h8-20,25,29H,6-7,21-22H2,1-5H3,(H,32,36). The third kappa shape index (κ3) is 7.69. The number of carbonyl (C=O) groups is 2. The number of aryl methyl sites for hydroxylation is 2. The van der Waals surface area contributed by atoms with Gasteiger partial charge in [-0.25, -0.2) is 8.42 Å². The molecule has 208 valence electrons. The first-order valence-electron chi connectivity index (χ1n) is 13.4. The van der Waals surface area contributed by atoms with Crippen LogP contribution in [0.5, 0.6) is 0 Å². The molecule has 0 fully saturated rings. The molecular weight excluding hydrogens is 510 g/mol. The zero-order valence-electron chi connectivity index (χ0n) is 23.4. The second kappa shape index (κ2) is 13.4. The Balaban J connectivity index is 2.04. The topological polar surface area (TPSA) is 86.8 Å². The lowest BCUT2D eigenvalue weighted by atomic mass is 10.1. The van der Waals surface area contributed by atoms with E-state index in [1.54, 1.807) is 36.4 Å². The number of benzene rings is 3. The Labute approximate surface area is 232 Å². The minimum Gasteiger partial charge on any atom is -0.352 e. The molecule has 0 aromatic heterocycles. The summed E-state index contributed by atoms with van der Waals surface area (Å²) in [5.74, 6) is -0.705. The van der Waals surface area contributed by atoms with Gasteiger partial charge in [-0.05, 0) is 69.0 Å². The molecule has 3 rings (SSSR count). The zero-order chi connectivity index (χ0) is 28.6. The van der Waals surface area contributed by atoms with Crippen LogP contribution in [0.25, 0.3) is 0 Å². The van der Waals surface area contributed by atoms with Crippen LogP contribution < -0.4 is 9.62 Å². The number of rotatable bonds is 12. The van der Waals surface area contributed by atoms with E-state index in [2.05, 4.69) is 5.32 Å². The Kier molecular flexibility index (Phi) is 10.3. The van der Waals surface area contributed by atoms with Crippen molar-refractivity contribution in [2.24, 2.45) is 0 Å². The van der Waals surface area contributed by atoms with Gasteiger partial charge in [-0.3, -0.25) is 13.9 Å². The number of amides is 2. The van der Waals surface area contributed by atoms with Gasteiger partial charge in [-0.15, -0.1) is 0 Å². The number of carbonyl (C=O) groups excluding carboxylic acids is 2. The predicted molar refractivity (Wildman–Crippen MR) is 156 cm³/mol. The molecule has 7 nitrogen and oxygen atoms in total. The maximum atomic E-state index is 14.1. The van der Waals surface area contributed by atoms with E-state index in [1.807, 2.05) is 65.0 Å². The maximum absolute atomic E-state index is 14.1. The summed E-state index contributed by atoms with van der Waals surface area (Å²) in [4.78, 5) is 29.0. The molecule has 2 amide bonds. The Hall–Kier alpha value is -3.65. The molecule has 2 unspecified atom stereocenters. The fourth-order valence-corrected chi connectivity index (χ4v) is 5.71. The SMILES string of the molecule is CCC(C)NC(=O)C(CC)N(Cc1ccc(C)cc1)C(=O)CN(c1cccc(C)c1)S(=O)(=O)c1ccccc1. The molecule has 3 aromatic carbocycles. The highest BCUT2D eigenvalue weighted by Gasteiger charge is 2.34. The number of hydrogen-bond acceptors (Lipinski definition) is 4. The van der Waals surface area contributed by atoms with E-state index >= 15 is 0 Å². The Morgan fingerprint density at radius 1 is 0.846 bits per heavy atom. The molecule has 0 heterocycles. The van der Waals surface area contributed by atoms with Gasteiger partial charge in [-0.2, -0.15) is 0 Å². The van der Waals surface area contributed by atoms with E-state index < -0.39 is 28.5 Å². The van der Waals surface area contributed by atoms with Gasteiger partial charge in [0, 0.05) is 12.6 Å². The second-order valence-electron chi connectivity index (χ2n) is 9.91. The summed E-state index contributed by atoms with van der Waals surface area (Å²) in [6, 6.07) is 22.1. The van der Waals surface area contributed by atoms with Crippen LogP contribution >= 0.6 is 0 Å². The lowest BCUT2D eigenvalue weighted by Gasteiger charge is -2.33. The van der Waals surface area contributed by atoms with Crippen LogP contribution in [0.1, 0.15) is 50.3 Å². The van der Waals surface area contributed by atoms with Crippen molar-refractivity contribution < 1.29 is 18.0 Å². The lowest BCUT2D eigenvalue weighted by molar-refractivity contribution is -0.140. The molecule has 0 aliphatic carbocycles. The van der Waals surface area contributed by atoms with E-state index in [0.29, 0.717) is 12.1 Å². The Morgan fingerprint density at radius 3 is 2.10 bits per heavy atom. The first kappa shape index (κ1) is 29.9. The fraction of sp³-hybridized carbons (Fsp3) is 0.355. The van der Waals surface area contributed by atoms with Crippen molar-refractivity contribution in [3.05, 3.63) is 95.6 Å². The van der Waals surface area contributed by atoms with Crippen molar-refractivity contribution in [3.63, 3.8) is 0 Å². The Bertz CT molecular complexity index is 1360. The number of hydrogen-bond donors (Lipinski definition) is 1. The molecule has 39 heavy (non-hydrogen) atoms. The van der Waals surface area contributed by atoms with E-state index in [4.69, 9.17) is 0 Å². The highest BCUT2D eigenvalue weighted by Crippen LogP contribution is 2.25. The lowest BCUT2D eigenvalue weighted by Crippen LogP contribution is -2.53. The first-order chi connectivity index (χ1) is 18.6. The van der Waals surface area contributed by atoms with Crippen LogP contribution in [0.3, 0.4) is 0 Å². The summed E-state index contributed by atoms with van der Waals surface area (Å²) in [7, 11) is -4.07. The minimum absolute atomic E-state index is 0.0508. The highest BCUT2D eigenvalue weighted by atomic mass is 32.2. The predicted octanol–water partition coefficient (Wildman–Crippen LogP) is 5.22. The summed E-state index contributed by atoms with van der Waals surface area (Å²) >= 11 is 0. The van der Waals surface area contributed by atoms with E-state index in [1.165, 1.54) is 17.0 Å². The van der Waals surface area contributed by atoms with Gasteiger partial charge < -0.3 is 10.2 Å². The average molecular weight is 550 g/mol. The molecule has 1 N–H and O–H groups in total. The molecule has 8 heteroatoms. The zero-order valence-corrected chi connectivity index (χ0v) is 24.2. The van der Waals surface area contributed by atoms with E-state index in [0.717, 1.165) is 27.4 Å². The Morgan fingerprint density at radius 2 is 1.51 bits per heavy atom. The maximum Gasteiger partial charge on any atom is 0.264 e. The quantitative estimate of drug-likeness (QED) is 0.336. The fourth-order valence-electron chi connectivity index (χ4n) is 4.28. The van der Waals surface area contributed by atoms with Gasteiger partial charge in [0.05, 0.1) is 10.6 Å². The second-order valence-corrected chi connectivity index (χ2v) is 11.8. The summed E-state index contributed by atoms with van der Waals surface area (Å²) in [5, 5.41) is 2.99. The van der Waals surface area contributed by atoms with Crippen molar-refractivity contribution in [1.29, 1.82) is 0 Å². The minimum atomic E-state index is -4.07. The number of nitrogens with zero attached hydrogens (tertiary/aromatic N) is 2. The molecular formula is C31H39N3O4S. The summed E-state index contributed by atoms with van der Waals surface area (Å²) in [5.41, 5.74) is 3.19. The van der Waals surface area contributed by atoms with Gasteiger partial charge in [0.2, 0.25) is 11.8 Å². The number of anilines is 1. The van der Waals surface area contributed by atoms with Crippen molar-refractivity contribution in [2.75, 3.05) is 10.8 Å². The smallest absolute Gasteiger partial charge is 0.264 e. The van der Waals surface area contributed by atoms with Crippen LogP contribution in [0.15, 0.2) is 83.8 Å². The average Bonchev–Trinajstić information content (AvgIpc) is 2.92. The largest absolute Gasteiger partial charge is 0.352 e. The van der Waals surface area contributed by atoms with Crippen LogP contribution in [-0.2, 0) is 26.2 Å². The monoisotopic (exact) mass is 549 g/mol. The van der Waals surface area contributed by atoms with Crippen molar-refractivity contribution >= 4 is 27.5 Å². The molecule has 0 radical (unpaired) electrons. The van der Waals surface area contributed by atoms with E-state index in [-0.39, 0.29) is 23.4 Å². The third-order valence-corrected chi connectivity index (χ3v) is 8.55. The van der Waals surface area contributed by atoms with Gasteiger partial charge in [0.1, 0.15) is 12.6 Å². The van der Waals surface area contributed by atoms with Crippen molar-refractivity contribution in [3.8, 4) is 0 Å². The molecule has 0 saturated heterocycles. The first-order valence-corrected chi connectivity index (χ1v) is 14.8. The van der Waals surface area contributed by atoms with Crippen molar-refractivity contribution in [2.45, 2.75) is 71.0 Å². The number of sulfonamides is 1.